The maximum Gasteiger partial charge on any atom is 0.303 e. The van der Waals surface area contributed by atoms with E-state index in [4.69, 9.17) is 16.7 Å². The number of carboxylic acid groups (broad SMARTS) is 1. The minimum Gasteiger partial charge on any atom is -1.00 e. The predicted molar refractivity (Wildman–Crippen MR) is 88.5 cm³/mol. The first-order chi connectivity index (χ1) is 10.6. The molecule has 1 heterocycles. The number of aromatic nitrogens is 1. The monoisotopic (exact) mass is 351 g/mol. The van der Waals surface area contributed by atoms with Gasteiger partial charge >= 0.3 is 5.97 Å². The van der Waals surface area contributed by atoms with Crippen molar-refractivity contribution in [1.29, 1.82) is 0 Å². The summed E-state index contributed by atoms with van der Waals surface area (Å²) in [5, 5.41) is 9.33. The van der Waals surface area contributed by atoms with Gasteiger partial charge in [0.2, 0.25) is 0 Å². The van der Waals surface area contributed by atoms with Crippen LogP contribution in [0, 0.1) is 0 Å². The first kappa shape index (κ1) is 19.2. The van der Waals surface area contributed by atoms with Crippen molar-refractivity contribution in [2.75, 3.05) is 0 Å². The van der Waals surface area contributed by atoms with E-state index in [1.165, 1.54) is 0 Å². The molecule has 122 valence electrons. The molecule has 0 bridgehead atoms. The zero-order valence-electron chi connectivity index (χ0n) is 12.7. The van der Waals surface area contributed by atoms with E-state index in [0.717, 1.165) is 29.1 Å². The Morgan fingerprint density at radius 1 is 1.00 bits per heavy atom. The standard InChI is InChI=1S/C18H18ClNO2.ClH/c19-17-8-6-15(7-9-17)4-5-16-10-13-20(14-11-16)12-2-1-3-18(21)22;/h4-11,13-14H,1-3,12H2;1H/b5-4-;. The van der Waals surface area contributed by atoms with E-state index < -0.39 is 5.97 Å². The lowest BCUT2D eigenvalue weighted by Crippen LogP contribution is -3.00. The second-order valence-corrected chi connectivity index (χ2v) is 5.54. The van der Waals surface area contributed by atoms with Crippen molar-refractivity contribution in [3.63, 3.8) is 0 Å². The summed E-state index contributed by atoms with van der Waals surface area (Å²) in [6.07, 6.45) is 9.95. The van der Waals surface area contributed by atoms with Crippen LogP contribution in [0.15, 0.2) is 48.8 Å². The average molecular weight is 352 g/mol. The van der Waals surface area contributed by atoms with Crippen LogP contribution in [-0.4, -0.2) is 11.1 Å². The van der Waals surface area contributed by atoms with Gasteiger partial charge in [-0.1, -0.05) is 35.9 Å². The van der Waals surface area contributed by atoms with Gasteiger partial charge in [-0.3, -0.25) is 4.79 Å². The summed E-state index contributed by atoms with van der Waals surface area (Å²) in [4.78, 5) is 10.4. The molecule has 0 amide bonds. The molecule has 0 atom stereocenters. The molecule has 0 saturated heterocycles. The third kappa shape index (κ3) is 7.31. The van der Waals surface area contributed by atoms with Gasteiger partial charge in [-0.05, 0) is 29.7 Å². The van der Waals surface area contributed by atoms with Crippen LogP contribution in [0.5, 0.6) is 0 Å². The lowest BCUT2D eigenvalue weighted by atomic mass is 10.1. The van der Waals surface area contributed by atoms with E-state index in [0.29, 0.717) is 6.42 Å². The number of carboxylic acids is 1. The smallest absolute Gasteiger partial charge is 0.303 e. The van der Waals surface area contributed by atoms with Gasteiger partial charge < -0.3 is 17.5 Å². The number of rotatable bonds is 7. The Morgan fingerprint density at radius 3 is 2.13 bits per heavy atom. The van der Waals surface area contributed by atoms with Crippen molar-refractivity contribution >= 4 is 29.7 Å². The molecule has 0 saturated carbocycles. The lowest BCUT2D eigenvalue weighted by Gasteiger charge is -1.98. The van der Waals surface area contributed by atoms with Crippen LogP contribution < -0.4 is 17.0 Å². The SMILES string of the molecule is O=C(O)CCCC[n+]1ccc(/C=C\c2ccc(Cl)cc2)cc1.[Cl-]. The molecule has 0 aliphatic carbocycles. The Balaban J connectivity index is 0.00000264. The zero-order valence-corrected chi connectivity index (χ0v) is 14.2. The number of unbranched alkanes of at least 4 members (excludes halogenated alkanes) is 1. The number of pyridine rings is 1. The summed E-state index contributed by atoms with van der Waals surface area (Å²) in [6, 6.07) is 11.8. The van der Waals surface area contributed by atoms with Gasteiger partial charge in [0.25, 0.3) is 0 Å². The maximum atomic E-state index is 10.4. The summed E-state index contributed by atoms with van der Waals surface area (Å²) >= 11 is 5.86. The van der Waals surface area contributed by atoms with Gasteiger partial charge in [0.05, 0.1) is 0 Å². The molecule has 1 aromatic carbocycles. The van der Waals surface area contributed by atoms with Crippen LogP contribution in [0.25, 0.3) is 12.2 Å². The summed E-state index contributed by atoms with van der Waals surface area (Å²) in [5.41, 5.74) is 2.23. The Hall–Kier alpha value is -1.84. The highest BCUT2D eigenvalue weighted by atomic mass is 35.5. The topological polar surface area (TPSA) is 41.2 Å². The largest absolute Gasteiger partial charge is 1.00 e. The van der Waals surface area contributed by atoms with E-state index in [-0.39, 0.29) is 18.8 Å². The number of halogens is 2. The fourth-order valence-corrected chi connectivity index (χ4v) is 2.19. The Kier molecular flexibility index (Phi) is 8.38. The Morgan fingerprint density at radius 2 is 1.57 bits per heavy atom. The molecular formula is C18H19Cl2NO2. The highest BCUT2D eigenvalue weighted by molar-refractivity contribution is 6.30. The van der Waals surface area contributed by atoms with Crippen LogP contribution in [0.1, 0.15) is 30.4 Å². The zero-order chi connectivity index (χ0) is 15.8. The Labute approximate surface area is 147 Å². The molecule has 5 heteroatoms. The highest BCUT2D eigenvalue weighted by Gasteiger charge is 2.02. The summed E-state index contributed by atoms with van der Waals surface area (Å²) in [7, 11) is 0. The van der Waals surface area contributed by atoms with E-state index in [1.807, 2.05) is 54.9 Å². The average Bonchev–Trinajstić information content (AvgIpc) is 2.52. The summed E-state index contributed by atoms with van der Waals surface area (Å²) < 4.78 is 2.07. The third-order valence-electron chi connectivity index (χ3n) is 3.31. The van der Waals surface area contributed by atoms with Crippen molar-refractivity contribution in [2.24, 2.45) is 0 Å². The number of carbonyl (C=O) groups is 1. The molecule has 1 aromatic heterocycles. The number of aliphatic carboxylic acids is 1. The minimum atomic E-state index is -0.729. The van der Waals surface area contributed by atoms with Gasteiger partial charge in [0.15, 0.2) is 12.4 Å². The summed E-state index contributed by atoms with van der Waals surface area (Å²) in [5.74, 6) is -0.729. The fourth-order valence-electron chi connectivity index (χ4n) is 2.07. The lowest BCUT2D eigenvalue weighted by molar-refractivity contribution is -0.697. The number of hydrogen-bond acceptors (Lipinski definition) is 1. The van der Waals surface area contributed by atoms with Crippen LogP contribution in [0.2, 0.25) is 5.02 Å². The quantitative estimate of drug-likeness (QED) is 0.598. The van der Waals surface area contributed by atoms with E-state index in [1.54, 1.807) is 0 Å². The van der Waals surface area contributed by atoms with Crippen LogP contribution in [0.4, 0.5) is 0 Å². The normalized spacial score (nSPS) is 10.5. The van der Waals surface area contributed by atoms with Crippen molar-refractivity contribution in [2.45, 2.75) is 25.8 Å². The molecule has 0 aliphatic rings. The van der Waals surface area contributed by atoms with Gasteiger partial charge in [-0.2, -0.15) is 0 Å². The first-order valence-electron chi connectivity index (χ1n) is 7.28. The summed E-state index contributed by atoms with van der Waals surface area (Å²) in [6.45, 7) is 0.842. The molecular weight excluding hydrogens is 333 g/mol. The second-order valence-electron chi connectivity index (χ2n) is 5.11. The fraction of sp³-hybridized carbons (Fsp3) is 0.222. The Bertz CT molecular complexity index is 637. The number of aryl methyl sites for hydroxylation is 1. The van der Waals surface area contributed by atoms with Crippen molar-refractivity contribution in [1.82, 2.24) is 0 Å². The first-order valence-corrected chi connectivity index (χ1v) is 7.66. The molecule has 0 unspecified atom stereocenters. The number of benzene rings is 1. The molecule has 2 rings (SSSR count). The highest BCUT2D eigenvalue weighted by Crippen LogP contribution is 2.12. The van der Waals surface area contributed by atoms with Gasteiger partial charge in [0.1, 0.15) is 6.54 Å². The van der Waals surface area contributed by atoms with Gasteiger partial charge in [0, 0.05) is 30.0 Å². The molecule has 23 heavy (non-hydrogen) atoms. The van der Waals surface area contributed by atoms with E-state index in [2.05, 4.69) is 10.6 Å². The maximum absolute atomic E-state index is 10.4. The molecule has 1 N–H and O–H groups in total. The minimum absolute atomic E-state index is 0. The van der Waals surface area contributed by atoms with Crippen LogP contribution >= 0.6 is 11.6 Å². The number of nitrogens with zero attached hydrogens (tertiary/aromatic N) is 1. The van der Waals surface area contributed by atoms with Crippen molar-refractivity contribution < 1.29 is 26.9 Å². The molecule has 0 aliphatic heterocycles. The van der Waals surface area contributed by atoms with Crippen molar-refractivity contribution in [3.8, 4) is 0 Å². The predicted octanol–water partition coefficient (Wildman–Crippen LogP) is 1.06. The van der Waals surface area contributed by atoms with Crippen LogP contribution in [0.3, 0.4) is 0 Å². The van der Waals surface area contributed by atoms with Crippen LogP contribution in [-0.2, 0) is 11.3 Å². The van der Waals surface area contributed by atoms with Crippen molar-refractivity contribution in [3.05, 3.63) is 64.9 Å². The molecule has 3 nitrogen and oxygen atoms in total. The van der Waals surface area contributed by atoms with Gasteiger partial charge in [-0.25, -0.2) is 4.57 Å². The van der Waals surface area contributed by atoms with E-state index in [9.17, 15) is 4.79 Å². The molecule has 2 aromatic rings. The molecule has 0 fully saturated rings. The van der Waals surface area contributed by atoms with E-state index >= 15 is 0 Å². The number of hydrogen-bond donors (Lipinski definition) is 1. The molecule has 0 spiro atoms. The third-order valence-corrected chi connectivity index (χ3v) is 3.56. The second kappa shape index (κ2) is 10.0. The molecule has 0 radical (unpaired) electrons. The van der Waals surface area contributed by atoms with Gasteiger partial charge in [-0.15, -0.1) is 0 Å².